The van der Waals surface area contributed by atoms with Crippen molar-refractivity contribution in [2.45, 2.75) is 46.1 Å². The van der Waals surface area contributed by atoms with Crippen LogP contribution in [0.3, 0.4) is 0 Å². The van der Waals surface area contributed by atoms with Crippen molar-refractivity contribution in [3.63, 3.8) is 0 Å². The average molecular weight is 224 g/mol. The van der Waals surface area contributed by atoms with Gasteiger partial charge in [0.15, 0.2) is 0 Å². The van der Waals surface area contributed by atoms with Gasteiger partial charge >= 0.3 is 0 Å². The smallest absolute Gasteiger partial charge is 0.243 e. The number of aliphatic hydroxyl groups excluding tert-OH is 1. The number of anilines is 1. The van der Waals surface area contributed by atoms with Crippen LogP contribution in [0.15, 0.2) is 0 Å². The van der Waals surface area contributed by atoms with E-state index in [4.69, 9.17) is 5.11 Å². The van der Waals surface area contributed by atoms with Crippen LogP contribution in [0.4, 0.5) is 5.95 Å². The van der Waals surface area contributed by atoms with E-state index in [0.717, 1.165) is 24.2 Å². The summed E-state index contributed by atoms with van der Waals surface area (Å²) in [4.78, 5) is 4.42. The van der Waals surface area contributed by atoms with Gasteiger partial charge in [-0.2, -0.15) is 5.10 Å². The van der Waals surface area contributed by atoms with Crippen molar-refractivity contribution in [1.29, 1.82) is 0 Å². The Hall–Kier alpha value is -1.23. The largest absolute Gasteiger partial charge is 0.396 e. The molecule has 0 fully saturated rings. The topological polar surface area (TPSA) is 70.9 Å². The second-order valence-corrected chi connectivity index (χ2v) is 3.79. The highest BCUT2D eigenvalue weighted by molar-refractivity contribution is 5.26. The number of hydrogen-bond acceptors (Lipinski definition) is 5. The van der Waals surface area contributed by atoms with Crippen LogP contribution < -0.4 is 5.32 Å². The van der Waals surface area contributed by atoms with Gasteiger partial charge in [-0.05, 0) is 26.2 Å². The lowest BCUT2D eigenvalue weighted by atomic mass is 10.2. The van der Waals surface area contributed by atoms with E-state index in [1.54, 1.807) is 0 Å². The van der Waals surface area contributed by atoms with Gasteiger partial charge in [-0.15, -0.1) is 5.10 Å². The third-order valence-electron chi connectivity index (χ3n) is 2.45. The summed E-state index contributed by atoms with van der Waals surface area (Å²) in [5, 5.41) is 20.1. The first-order chi connectivity index (χ1) is 7.71. The summed E-state index contributed by atoms with van der Waals surface area (Å²) < 4.78 is 0. The van der Waals surface area contributed by atoms with Crippen LogP contribution >= 0.6 is 0 Å². The molecule has 2 N–H and O–H groups in total. The standard InChI is InChI=1S/C11H20N4O/c1-4-9-10(5-2)14-15-11(13-9)12-8(3)6-7-16/h8,16H,4-7H2,1-3H3,(H,12,13,15). The molecular formula is C11H20N4O. The number of aryl methyl sites for hydroxylation is 2. The molecular weight excluding hydrogens is 204 g/mol. The molecule has 16 heavy (non-hydrogen) atoms. The Bertz CT molecular complexity index is 330. The number of nitrogens with one attached hydrogen (secondary N) is 1. The van der Waals surface area contributed by atoms with Crippen molar-refractivity contribution >= 4 is 5.95 Å². The molecule has 0 aliphatic heterocycles. The Labute approximate surface area is 96.3 Å². The molecule has 0 radical (unpaired) electrons. The highest BCUT2D eigenvalue weighted by atomic mass is 16.3. The minimum Gasteiger partial charge on any atom is -0.396 e. The molecule has 1 aromatic heterocycles. The lowest BCUT2D eigenvalue weighted by Gasteiger charge is -2.12. The van der Waals surface area contributed by atoms with E-state index >= 15 is 0 Å². The molecule has 0 aromatic carbocycles. The predicted octanol–water partition coefficient (Wildman–Crippen LogP) is 1.18. The lowest BCUT2D eigenvalue weighted by molar-refractivity contribution is 0.282. The first-order valence-corrected chi connectivity index (χ1v) is 5.81. The third-order valence-corrected chi connectivity index (χ3v) is 2.45. The highest BCUT2D eigenvalue weighted by Crippen LogP contribution is 2.08. The highest BCUT2D eigenvalue weighted by Gasteiger charge is 2.08. The average Bonchev–Trinajstić information content (AvgIpc) is 2.29. The van der Waals surface area contributed by atoms with Crippen LogP contribution in [-0.2, 0) is 12.8 Å². The fourth-order valence-corrected chi connectivity index (χ4v) is 1.49. The van der Waals surface area contributed by atoms with Gasteiger partial charge in [0.2, 0.25) is 5.95 Å². The fraction of sp³-hybridized carbons (Fsp3) is 0.727. The van der Waals surface area contributed by atoms with Gasteiger partial charge in [0, 0.05) is 12.6 Å². The van der Waals surface area contributed by atoms with Crippen molar-refractivity contribution < 1.29 is 5.11 Å². The van der Waals surface area contributed by atoms with Crippen LogP contribution in [0.25, 0.3) is 0 Å². The third kappa shape index (κ3) is 3.41. The predicted molar refractivity (Wildman–Crippen MR) is 63.4 cm³/mol. The summed E-state index contributed by atoms with van der Waals surface area (Å²) in [6, 6.07) is 0.156. The molecule has 0 saturated heterocycles. The number of aliphatic hydroxyl groups is 1. The molecule has 0 spiro atoms. The van der Waals surface area contributed by atoms with E-state index in [-0.39, 0.29) is 12.6 Å². The fourth-order valence-electron chi connectivity index (χ4n) is 1.49. The summed E-state index contributed by atoms with van der Waals surface area (Å²) in [7, 11) is 0. The summed E-state index contributed by atoms with van der Waals surface area (Å²) in [5.74, 6) is 0.551. The number of rotatable bonds is 6. The maximum atomic E-state index is 8.80. The van der Waals surface area contributed by atoms with Crippen molar-refractivity contribution in [3.8, 4) is 0 Å². The zero-order valence-corrected chi connectivity index (χ0v) is 10.2. The minimum absolute atomic E-state index is 0.156. The van der Waals surface area contributed by atoms with E-state index in [9.17, 15) is 0 Å². The first kappa shape index (κ1) is 12.8. The summed E-state index contributed by atoms with van der Waals surface area (Å²) >= 11 is 0. The molecule has 5 heteroatoms. The molecule has 0 aliphatic rings. The van der Waals surface area contributed by atoms with Crippen LogP contribution in [0.2, 0.25) is 0 Å². The van der Waals surface area contributed by atoms with Gasteiger partial charge in [0.1, 0.15) is 0 Å². The number of aromatic nitrogens is 3. The first-order valence-electron chi connectivity index (χ1n) is 5.81. The molecule has 1 unspecified atom stereocenters. The van der Waals surface area contributed by atoms with Crippen LogP contribution in [0, 0.1) is 0 Å². The maximum Gasteiger partial charge on any atom is 0.243 e. The summed E-state index contributed by atoms with van der Waals surface area (Å²) in [6.45, 7) is 6.25. The summed E-state index contributed by atoms with van der Waals surface area (Å²) in [6.07, 6.45) is 2.40. The quantitative estimate of drug-likeness (QED) is 0.759. The van der Waals surface area contributed by atoms with Gasteiger partial charge in [0.05, 0.1) is 11.4 Å². The molecule has 1 rings (SSSR count). The van der Waals surface area contributed by atoms with E-state index in [1.165, 1.54) is 0 Å². The van der Waals surface area contributed by atoms with Gasteiger partial charge < -0.3 is 10.4 Å². The van der Waals surface area contributed by atoms with Gasteiger partial charge in [-0.1, -0.05) is 13.8 Å². The minimum atomic E-state index is 0.156. The van der Waals surface area contributed by atoms with Crippen LogP contribution in [0.5, 0.6) is 0 Å². The molecule has 1 heterocycles. The zero-order chi connectivity index (χ0) is 12.0. The van der Waals surface area contributed by atoms with Gasteiger partial charge in [-0.25, -0.2) is 4.98 Å². The summed E-state index contributed by atoms with van der Waals surface area (Å²) in [5.41, 5.74) is 1.96. The molecule has 0 aliphatic carbocycles. The Morgan fingerprint density at radius 2 is 1.88 bits per heavy atom. The number of nitrogens with zero attached hydrogens (tertiary/aromatic N) is 3. The molecule has 5 nitrogen and oxygen atoms in total. The molecule has 90 valence electrons. The van der Waals surface area contributed by atoms with Crippen molar-refractivity contribution in [2.24, 2.45) is 0 Å². The van der Waals surface area contributed by atoms with Gasteiger partial charge in [-0.3, -0.25) is 0 Å². The Kier molecular flexibility index (Phi) is 5.11. The number of hydrogen-bond donors (Lipinski definition) is 2. The molecule has 1 aromatic rings. The molecule has 0 saturated carbocycles. The Balaban J connectivity index is 2.74. The SMILES string of the molecule is CCc1nnc(NC(C)CCO)nc1CC. The molecule has 1 atom stereocenters. The second-order valence-electron chi connectivity index (χ2n) is 3.79. The lowest BCUT2D eigenvalue weighted by Crippen LogP contribution is -2.19. The Morgan fingerprint density at radius 1 is 1.19 bits per heavy atom. The van der Waals surface area contributed by atoms with Crippen LogP contribution in [0.1, 0.15) is 38.6 Å². The van der Waals surface area contributed by atoms with E-state index < -0.39 is 0 Å². The normalized spacial score (nSPS) is 12.5. The zero-order valence-electron chi connectivity index (χ0n) is 10.2. The second kappa shape index (κ2) is 6.37. The monoisotopic (exact) mass is 224 g/mol. The molecule has 0 amide bonds. The van der Waals surface area contributed by atoms with Crippen molar-refractivity contribution in [2.75, 3.05) is 11.9 Å². The van der Waals surface area contributed by atoms with E-state index in [1.807, 2.05) is 13.8 Å². The molecule has 0 bridgehead atoms. The van der Waals surface area contributed by atoms with Crippen molar-refractivity contribution in [3.05, 3.63) is 11.4 Å². The maximum absolute atomic E-state index is 8.80. The van der Waals surface area contributed by atoms with E-state index in [2.05, 4.69) is 27.4 Å². The van der Waals surface area contributed by atoms with Crippen LogP contribution in [-0.4, -0.2) is 32.9 Å². The van der Waals surface area contributed by atoms with E-state index in [0.29, 0.717) is 12.4 Å². The van der Waals surface area contributed by atoms with Crippen molar-refractivity contribution in [1.82, 2.24) is 15.2 Å². The Morgan fingerprint density at radius 3 is 2.44 bits per heavy atom. The van der Waals surface area contributed by atoms with Gasteiger partial charge in [0.25, 0.3) is 0 Å².